The molecule has 4 rings (SSSR count). The van der Waals surface area contributed by atoms with Crippen molar-refractivity contribution < 1.29 is 21.9 Å². The summed E-state index contributed by atoms with van der Waals surface area (Å²) in [4.78, 5) is 2.32. The zero-order chi connectivity index (χ0) is 20.9. The second-order valence-corrected chi connectivity index (χ2v) is 11.1. The van der Waals surface area contributed by atoms with Gasteiger partial charge < -0.3 is 10.5 Å². The zero-order valence-electron chi connectivity index (χ0n) is 16.8. The number of ether oxygens (including phenoxy) is 1. The fourth-order valence-corrected chi connectivity index (χ4v) is 6.67. The minimum Gasteiger partial charge on any atom is -0.370 e. The molecule has 9 heteroatoms. The Hall–Kier alpha value is -1.13. The largest absolute Gasteiger partial charge is 0.370 e. The minimum atomic E-state index is -3.28. The molecule has 2 unspecified atom stereocenters. The van der Waals surface area contributed by atoms with Crippen LogP contribution in [-0.2, 0) is 14.8 Å². The molecule has 0 aromatic heterocycles. The molecule has 0 bridgehead atoms. The van der Waals surface area contributed by atoms with Crippen molar-refractivity contribution in [1.29, 1.82) is 0 Å². The third-order valence-corrected chi connectivity index (χ3v) is 8.92. The van der Waals surface area contributed by atoms with E-state index >= 15 is 0 Å². The van der Waals surface area contributed by atoms with Gasteiger partial charge >= 0.3 is 0 Å². The molecule has 29 heavy (non-hydrogen) atoms. The van der Waals surface area contributed by atoms with E-state index in [1.54, 1.807) is 18.2 Å². The minimum absolute atomic E-state index is 0.00277. The highest BCUT2D eigenvalue weighted by Gasteiger charge is 2.50. The SMILES string of the molecule is CC(C)S(=O)(=O)N1CCC2C1CCN2[C@H]1CO[C@H](c2cc(F)ccc2F)[C@@H](N)C1. The van der Waals surface area contributed by atoms with Gasteiger partial charge in [0, 0.05) is 42.8 Å². The molecule has 3 heterocycles. The van der Waals surface area contributed by atoms with E-state index in [-0.39, 0.29) is 23.7 Å². The molecule has 3 fully saturated rings. The summed E-state index contributed by atoms with van der Waals surface area (Å²) in [5.41, 5.74) is 6.47. The number of benzene rings is 1. The van der Waals surface area contributed by atoms with E-state index in [2.05, 4.69) is 4.90 Å². The number of fused-ring (bicyclic) bond motifs is 1. The van der Waals surface area contributed by atoms with E-state index in [1.807, 2.05) is 0 Å². The molecule has 3 aliphatic heterocycles. The van der Waals surface area contributed by atoms with Gasteiger partial charge in [0.2, 0.25) is 10.0 Å². The fraction of sp³-hybridized carbons (Fsp3) is 0.700. The standard InChI is InChI=1S/C20H29F2N3O3S/c1-12(2)29(26,27)25-8-6-18-19(25)5-7-24(18)14-10-17(23)20(28-11-14)15-9-13(21)3-4-16(15)22/h3-4,9,12,14,17-20H,5-8,10-11,23H2,1-2H3/t14-,17+,18?,19?,20-/m1/s1. The topological polar surface area (TPSA) is 75.9 Å². The third kappa shape index (κ3) is 3.72. The normalized spacial score (nSPS) is 34.1. The van der Waals surface area contributed by atoms with Crippen molar-refractivity contribution in [3.63, 3.8) is 0 Å². The van der Waals surface area contributed by atoms with Gasteiger partial charge in [-0.15, -0.1) is 0 Å². The highest BCUT2D eigenvalue weighted by molar-refractivity contribution is 7.89. The predicted molar refractivity (Wildman–Crippen MR) is 106 cm³/mol. The summed E-state index contributed by atoms with van der Waals surface area (Å²) in [5, 5.41) is -0.427. The Kier molecular flexibility index (Phi) is 5.71. The van der Waals surface area contributed by atoms with Crippen molar-refractivity contribution in [2.24, 2.45) is 5.73 Å². The Bertz CT molecular complexity index is 867. The second kappa shape index (κ2) is 7.85. The van der Waals surface area contributed by atoms with Crippen LogP contribution in [-0.4, -0.2) is 66.7 Å². The average molecular weight is 430 g/mol. The third-order valence-electron chi connectivity index (χ3n) is 6.63. The molecule has 1 aromatic rings. The van der Waals surface area contributed by atoms with Crippen LogP contribution in [0.15, 0.2) is 18.2 Å². The molecule has 162 valence electrons. The molecule has 3 aliphatic rings. The van der Waals surface area contributed by atoms with Crippen LogP contribution in [0.2, 0.25) is 0 Å². The van der Waals surface area contributed by atoms with Crippen molar-refractivity contribution in [1.82, 2.24) is 9.21 Å². The molecule has 6 nitrogen and oxygen atoms in total. The van der Waals surface area contributed by atoms with Crippen molar-refractivity contribution in [3.8, 4) is 0 Å². The molecule has 0 spiro atoms. The first-order valence-electron chi connectivity index (χ1n) is 10.3. The highest BCUT2D eigenvalue weighted by atomic mass is 32.2. The Morgan fingerprint density at radius 1 is 1.17 bits per heavy atom. The summed E-state index contributed by atoms with van der Waals surface area (Å²) >= 11 is 0. The summed E-state index contributed by atoms with van der Waals surface area (Å²) in [5.74, 6) is -1.03. The van der Waals surface area contributed by atoms with Crippen molar-refractivity contribution >= 4 is 10.0 Å². The number of rotatable bonds is 4. The molecule has 5 atom stereocenters. The Morgan fingerprint density at radius 3 is 2.59 bits per heavy atom. The quantitative estimate of drug-likeness (QED) is 0.793. The predicted octanol–water partition coefficient (Wildman–Crippen LogP) is 2.01. The summed E-state index contributed by atoms with van der Waals surface area (Å²) in [7, 11) is -3.28. The van der Waals surface area contributed by atoms with Crippen LogP contribution in [0.25, 0.3) is 0 Å². The van der Waals surface area contributed by atoms with E-state index in [0.717, 1.165) is 37.6 Å². The highest BCUT2D eigenvalue weighted by Crippen LogP contribution is 2.39. The van der Waals surface area contributed by atoms with Gasteiger partial charge in [-0.3, -0.25) is 4.90 Å². The molecule has 0 amide bonds. The van der Waals surface area contributed by atoms with Gasteiger partial charge in [0.15, 0.2) is 0 Å². The number of likely N-dealkylation sites (tertiary alicyclic amines) is 1. The lowest BCUT2D eigenvalue weighted by molar-refractivity contribution is -0.0545. The van der Waals surface area contributed by atoms with Gasteiger partial charge in [-0.1, -0.05) is 0 Å². The van der Waals surface area contributed by atoms with Crippen LogP contribution >= 0.6 is 0 Å². The van der Waals surface area contributed by atoms with Gasteiger partial charge in [-0.05, 0) is 51.3 Å². The number of nitrogens with zero attached hydrogens (tertiary/aromatic N) is 2. The molecule has 0 saturated carbocycles. The van der Waals surface area contributed by atoms with Gasteiger partial charge in [-0.25, -0.2) is 17.2 Å². The Labute approximate surface area is 171 Å². The van der Waals surface area contributed by atoms with Crippen LogP contribution in [0.3, 0.4) is 0 Å². The van der Waals surface area contributed by atoms with E-state index in [9.17, 15) is 17.2 Å². The van der Waals surface area contributed by atoms with Crippen LogP contribution in [0.4, 0.5) is 8.78 Å². The number of sulfonamides is 1. The first-order chi connectivity index (χ1) is 13.7. The van der Waals surface area contributed by atoms with E-state index in [1.165, 1.54) is 0 Å². The summed E-state index contributed by atoms with van der Waals surface area (Å²) < 4.78 is 60.6. The summed E-state index contributed by atoms with van der Waals surface area (Å²) in [6, 6.07) is 3.08. The fourth-order valence-electron chi connectivity index (χ4n) is 5.15. The van der Waals surface area contributed by atoms with Gasteiger partial charge in [0.25, 0.3) is 0 Å². The monoisotopic (exact) mass is 429 g/mol. The van der Waals surface area contributed by atoms with E-state index < -0.39 is 39.1 Å². The summed E-state index contributed by atoms with van der Waals surface area (Å²) in [6.07, 6.45) is 1.51. The Morgan fingerprint density at radius 2 is 1.90 bits per heavy atom. The van der Waals surface area contributed by atoms with Crippen LogP contribution in [0.5, 0.6) is 0 Å². The Balaban J connectivity index is 1.45. The maximum absolute atomic E-state index is 14.1. The van der Waals surface area contributed by atoms with Gasteiger partial charge in [-0.2, -0.15) is 4.31 Å². The van der Waals surface area contributed by atoms with Crippen molar-refractivity contribution in [3.05, 3.63) is 35.4 Å². The molecule has 2 N–H and O–H groups in total. The number of hydrogen-bond donors (Lipinski definition) is 1. The lowest BCUT2D eigenvalue weighted by atomic mass is 9.93. The molecule has 0 aliphatic carbocycles. The smallest absolute Gasteiger partial charge is 0.216 e. The zero-order valence-corrected chi connectivity index (χ0v) is 17.6. The van der Waals surface area contributed by atoms with Crippen molar-refractivity contribution in [2.75, 3.05) is 19.7 Å². The molecule has 0 radical (unpaired) electrons. The van der Waals surface area contributed by atoms with Crippen LogP contribution < -0.4 is 5.73 Å². The second-order valence-electron chi connectivity index (χ2n) is 8.63. The van der Waals surface area contributed by atoms with Gasteiger partial charge in [0.05, 0.1) is 11.9 Å². The molecular weight excluding hydrogens is 400 g/mol. The summed E-state index contributed by atoms with van der Waals surface area (Å²) in [6.45, 7) is 5.14. The number of hydrogen-bond acceptors (Lipinski definition) is 5. The lowest BCUT2D eigenvalue weighted by Crippen LogP contribution is -2.51. The lowest BCUT2D eigenvalue weighted by Gasteiger charge is -2.40. The molecule has 3 saturated heterocycles. The first-order valence-corrected chi connectivity index (χ1v) is 11.8. The molecular formula is C20H29F2N3O3S. The average Bonchev–Trinajstić information content (AvgIpc) is 3.25. The number of nitrogens with two attached hydrogens (primary N) is 1. The number of halogens is 2. The van der Waals surface area contributed by atoms with E-state index in [4.69, 9.17) is 10.5 Å². The van der Waals surface area contributed by atoms with Gasteiger partial charge in [0.1, 0.15) is 17.7 Å². The van der Waals surface area contributed by atoms with E-state index in [0.29, 0.717) is 19.6 Å². The van der Waals surface area contributed by atoms with Crippen LogP contribution in [0.1, 0.15) is 44.8 Å². The molecule has 1 aromatic carbocycles. The first kappa shape index (κ1) is 21.1. The van der Waals surface area contributed by atoms with Crippen molar-refractivity contribution in [2.45, 2.75) is 68.6 Å². The van der Waals surface area contributed by atoms with Crippen LogP contribution in [0, 0.1) is 11.6 Å². The maximum atomic E-state index is 14.1. The maximum Gasteiger partial charge on any atom is 0.216 e.